The number of hydrogen-bond donors (Lipinski definition) is 2. The third-order valence-electron chi connectivity index (χ3n) is 3.78. The molecule has 0 aliphatic heterocycles. The molecule has 1 aromatic heterocycles. The molecule has 108 valence electrons. The molecule has 0 spiro atoms. The molecular formula is C13H21NO3S2. The van der Waals surface area contributed by atoms with Crippen molar-refractivity contribution < 1.29 is 13.5 Å². The quantitative estimate of drug-likeness (QED) is 0.813. The number of aliphatic hydroxyl groups is 1. The van der Waals surface area contributed by atoms with Gasteiger partial charge in [-0.1, -0.05) is 13.3 Å². The lowest BCUT2D eigenvalue weighted by Crippen LogP contribution is -2.31. The molecule has 1 aromatic rings. The van der Waals surface area contributed by atoms with Crippen molar-refractivity contribution in [3.05, 3.63) is 15.8 Å². The van der Waals surface area contributed by atoms with Gasteiger partial charge in [0.05, 0.1) is 11.5 Å². The van der Waals surface area contributed by atoms with Gasteiger partial charge >= 0.3 is 0 Å². The van der Waals surface area contributed by atoms with Crippen molar-refractivity contribution in [2.75, 3.05) is 6.54 Å². The van der Waals surface area contributed by atoms with E-state index in [0.717, 1.165) is 25.7 Å². The van der Waals surface area contributed by atoms with Gasteiger partial charge in [0.15, 0.2) is 0 Å². The van der Waals surface area contributed by atoms with Crippen LogP contribution in [0.2, 0.25) is 0 Å². The lowest BCUT2D eigenvalue weighted by molar-refractivity contribution is 0.282. The summed E-state index contributed by atoms with van der Waals surface area (Å²) in [5, 5.41) is 11.0. The average Bonchev–Trinajstić information content (AvgIpc) is 3.02. The van der Waals surface area contributed by atoms with Crippen molar-refractivity contribution >= 4 is 21.4 Å². The van der Waals surface area contributed by atoms with E-state index >= 15 is 0 Å². The number of rotatable bonds is 7. The van der Waals surface area contributed by atoms with E-state index in [4.69, 9.17) is 0 Å². The normalized spacial score (nSPS) is 17.6. The Bertz CT molecular complexity index is 544. The van der Waals surface area contributed by atoms with Gasteiger partial charge in [-0.3, -0.25) is 0 Å². The topological polar surface area (TPSA) is 66.4 Å². The Morgan fingerprint density at radius 1 is 1.47 bits per heavy atom. The van der Waals surface area contributed by atoms with E-state index in [0.29, 0.717) is 17.0 Å². The minimum Gasteiger partial charge on any atom is -0.391 e. The predicted octanol–water partition coefficient (Wildman–Crippen LogP) is 2.41. The maximum absolute atomic E-state index is 12.4. The van der Waals surface area contributed by atoms with Crippen LogP contribution in [0.4, 0.5) is 0 Å². The van der Waals surface area contributed by atoms with E-state index in [2.05, 4.69) is 11.6 Å². The van der Waals surface area contributed by atoms with Gasteiger partial charge in [0.2, 0.25) is 10.0 Å². The maximum atomic E-state index is 12.4. The highest BCUT2D eigenvalue weighted by atomic mass is 32.2. The molecule has 19 heavy (non-hydrogen) atoms. The minimum absolute atomic E-state index is 0.186. The predicted molar refractivity (Wildman–Crippen MR) is 76.7 cm³/mol. The van der Waals surface area contributed by atoms with Crippen LogP contribution in [-0.2, 0) is 16.6 Å². The van der Waals surface area contributed by atoms with Gasteiger partial charge in [0.25, 0.3) is 0 Å². The molecule has 4 nitrogen and oxygen atoms in total. The fourth-order valence-electron chi connectivity index (χ4n) is 2.50. The summed E-state index contributed by atoms with van der Waals surface area (Å²) in [6, 6.07) is 0. The van der Waals surface area contributed by atoms with Crippen molar-refractivity contribution in [2.24, 2.45) is 5.41 Å². The first kappa shape index (κ1) is 15.0. The Morgan fingerprint density at radius 3 is 2.68 bits per heavy atom. The zero-order valence-electron chi connectivity index (χ0n) is 11.4. The van der Waals surface area contributed by atoms with Crippen LogP contribution in [0, 0.1) is 12.3 Å². The van der Waals surface area contributed by atoms with E-state index < -0.39 is 10.0 Å². The third-order valence-corrected chi connectivity index (χ3v) is 6.62. The van der Waals surface area contributed by atoms with Crippen molar-refractivity contribution in [1.29, 1.82) is 0 Å². The number of hydrogen-bond acceptors (Lipinski definition) is 4. The molecule has 0 bridgehead atoms. The molecule has 6 heteroatoms. The summed E-state index contributed by atoms with van der Waals surface area (Å²) in [6.07, 6.45) is 4.38. The molecule has 2 rings (SSSR count). The van der Waals surface area contributed by atoms with E-state index in [1.807, 2.05) is 0 Å². The van der Waals surface area contributed by atoms with Crippen LogP contribution in [0.1, 0.15) is 43.0 Å². The number of nitrogens with one attached hydrogen (secondary N) is 1. The van der Waals surface area contributed by atoms with Gasteiger partial charge in [0, 0.05) is 6.54 Å². The van der Waals surface area contributed by atoms with Gasteiger partial charge in [-0.05, 0) is 42.5 Å². The number of thiophene rings is 1. The lowest BCUT2D eigenvalue weighted by Gasteiger charge is -2.15. The van der Waals surface area contributed by atoms with Gasteiger partial charge in [-0.15, -0.1) is 11.3 Å². The van der Waals surface area contributed by atoms with Gasteiger partial charge < -0.3 is 5.11 Å². The highest BCUT2D eigenvalue weighted by Crippen LogP contribution is 2.49. The summed E-state index contributed by atoms with van der Waals surface area (Å²) < 4.78 is 27.4. The zero-order valence-corrected chi connectivity index (χ0v) is 13.0. The first-order valence-corrected chi connectivity index (χ1v) is 8.98. The van der Waals surface area contributed by atoms with Gasteiger partial charge in [-0.25, -0.2) is 13.1 Å². The number of sulfonamides is 1. The average molecular weight is 303 g/mol. The molecule has 0 atom stereocenters. The third kappa shape index (κ3) is 3.18. The molecule has 1 aliphatic carbocycles. The Kier molecular flexibility index (Phi) is 4.35. The summed E-state index contributed by atoms with van der Waals surface area (Å²) in [6.45, 7) is 4.18. The second-order valence-corrected chi connectivity index (χ2v) is 8.07. The highest BCUT2D eigenvalue weighted by Gasteiger charge is 2.42. The molecular weight excluding hydrogens is 282 g/mol. The second kappa shape index (κ2) is 5.52. The van der Waals surface area contributed by atoms with Crippen molar-refractivity contribution in [2.45, 2.75) is 51.0 Å². The van der Waals surface area contributed by atoms with Crippen LogP contribution in [0.5, 0.6) is 0 Å². The molecule has 0 saturated heterocycles. The van der Waals surface area contributed by atoms with Gasteiger partial charge in [-0.2, -0.15) is 0 Å². The van der Waals surface area contributed by atoms with Crippen LogP contribution >= 0.6 is 11.3 Å². The SMILES string of the molecule is CCCC1(CNS(=O)(=O)c2c(C)csc2CO)CC1. The summed E-state index contributed by atoms with van der Waals surface area (Å²) >= 11 is 1.29. The van der Waals surface area contributed by atoms with Crippen LogP contribution < -0.4 is 4.72 Å². The van der Waals surface area contributed by atoms with Crippen LogP contribution in [0.3, 0.4) is 0 Å². The van der Waals surface area contributed by atoms with Crippen molar-refractivity contribution in [1.82, 2.24) is 4.72 Å². The largest absolute Gasteiger partial charge is 0.391 e. The standard InChI is InChI=1S/C13H21NO3S2/c1-3-4-13(5-6-13)9-14-19(16,17)12-10(2)8-18-11(12)7-15/h8,14-15H,3-7,9H2,1-2H3. The Labute approximate surface area is 118 Å². The van der Waals surface area contributed by atoms with E-state index in [1.54, 1.807) is 12.3 Å². The van der Waals surface area contributed by atoms with E-state index in [9.17, 15) is 13.5 Å². The Morgan fingerprint density at radius 2 is 2.16 bits per heavy atom. The summed E-state index contributed by atoms with van der Waals surface area (Å²) in [4.78, 5) is 0.789. The summed E-state index contributed by atoms with van der Waals surface area (Å²) in [7, 11) is -3.50. The van der Waals surface area contributed by atoms with Crippen molar-refractivity contribution in [3.8, 4) is 0 Å². The second-order valence-electron chi connectivity index (χ2n) is 5.40. The molecule has 1 saturated carbocycles. The maximum Gasteiger partial charge on any atom is 0.242 e. The lowest BCUT2D eigenvalue weighted by atomic mass is 10.0. The molecule has 0 amide bonds. The monoisotopic (exact) mass is 303 g/mol. The van der Waals surface area contributed by atoms with E-state index in [1.165, 1.54) is 11.3 Å². The number of aliphatic hydroxyl groups excluding tert-OH is 1. The zero-order chi connectivity index (χ0) is 14.1. The molecule has 0 radical (unpaired) electrons. The molecule has 0 aromatic carbocycles. The Balaban J connectivity index is 2.12. The first-order chi connectivity index (χ1) is 8.94. The summed E-state index contributed by atoms with van der Waals surface area (Å²) in [5.41, 5.74) is 0.896. The van der Waals surface area contributed by atoms with Crippen molar-refractivity contribution in [3.63, 3.8) is 0 Å². The van der Waals surface area contributed by atoms with Crippen LogP contribution in [0.15, 0.2) is 10.3 Å². The van der Waals surface area contributed by atoms with E-state index in [-0.39, 0.29) is 16.9 Å². The fourth-order valence-corrected chi connectivity index (χ4v) is 5.32. The summed E-state index contributed by atoms with van der Waals surface area (Å²) in [5.74, 6) is 0. The highest BCUT2D eigenvalue weighted by molar-refractivity contribution is 7.89. The molecule has 1 heterocycles. The number of aryl methyl sites for hydroxylation is 1. The Hall–Kier alpha value is -0.430. The fraction of sp³-hybridized carbons (Fsp3) is 0.692. The first-order valence-electron chi connectivity index (χ1n) is 6.61. The van der Waals surface area contributed by atoms with Crippen LogP contribution in [-0.4, -0.2) is 20.1 Å². The van der Waals surface area contributed by atoms with Crippen LogP contribution in [0.25, 0.3) is 0 Å². The molecule has 1 aliphatic rings. The van der Waals surface area contributed by atoms with Gasteiger partial charge in [0.1, 0.15) is 4.90 Å². The molecule has 2 N–H and O–H groups in total. The minimum atomic E-state index is -3.50. The molecule has 1 fully saturated rings. The molecule has 0 unspecified atom stereocenters. The smallest absolute Gasteiger partial charge is 0.242 e.